The van der Waals surface area contributed by atoms with E-state index in [2.05, 4.69) is 30.2 Å². The van der Waals surface area contributed by atoms with Crippen LogP contribution < -0.4 is 0 Å². The van der Waals surface area contributed by atoms with E-state index >= 15 is 0 Å². The third kappa shape index (κ3) is 2.09. The zero-order valence-corrected chi connectivity index (χ0v) is 13.2. The molecule has 0 unspecified atom stereocenters. The van der Waals surface area contributed by atoms with Crippen LogP contribution in [0.2, 0.25) is 5.15 Å². The van der Waals surface area contributed by atoms with Crippen molar-refractivity contribution in [3.05, 3.63) is 76.3 Å². The summed E-state index contributed by atoms with van der Waals surface area (Å²) in [4.78, 5) is 0. The summed E-state index contributed by atoms with van der Waals surface area (Å²) in [6.45, 7) is 2.05. The van der Waals surface area contributed by atoms with Gasteiger partial charge in [0, 0.05) is 18.8 Å². The highest BCUT2D eigenvalue weighted by Gasteiger charge is 2.28. The Kier molecular flexibility index (Phi) is 3.10. The van der Waals surface area contributed by atoms with Gasteiger partial charge in [-0.15, -0.1) is 0 Å². The molecule has 0 bridgehead atoms. The van der Waals surface area contributed by atoms with E-state index in [0.717, 1.165) is 17.0 Å². The summed E-state index contributed by atoms with van der Waals surface area (Å²) in [7, 11) is 0. The minimum absolute atomic E-state index is 0.468. The maximum atomic E-state index is 9.61. The quantitative estimate of drug-likeness (QED) is 0.706. The van der Waals surface area contributed by atoms with Crippen LogP contribution in [-0.4, -0.2) is 15.0 Å². The Morgan fingerprint density at radius 2 is 2.00 bits per heavy atom. The number of nitrogens with zero attached hydrogens (tertiary/aromatic N) is 4. The highest BCUT2D eigenvalue weighted by Crippen LogP contribution is 2.34. The molecule has 0 N–H and O–H groups in total. The number of hydrogen-bond donors (Lipinski definition) is 0. The fraction of sp³-hybridized carbons (Fsp3) is 0.111. The fourth-order valence-corrected chi connectivity index (χ4v) is 3.30. The maximum absolute atomic E-state index is 9.61. The van der Waals surface area contributed by atoms with E-state index in [-0.39, 0.29) is 0 Å². The Hall–Kier alpha value is -2.77. The highest BCUT2D eigenvalue weighted by molar-refractivity contribution is 6.32. The monoisotopic (exact) mass is 320 g/mol. The molecule has 112 valence electrons. The van der Waals surface area contributed by atoms with Gasteiger partial charge < -0.3 is 4.57 Å². The van der Waals surface area contributed by atoms with E-state index in [0.29, 0.717) is 22.8 Å². The molecule has 0 saturated heterocycles. The number of nitriles is 1. The van der Waals surface area contributed by atoms with Gasteiger partial charge in [0.15, 0.2) is 5.15 Å². The lowest BCUT2D eigenvalue weighted by Gasteiger charge is -2.04. The molecule has 23 heavy (non-hydrogen) atoms. The summed E-state index contributed by atoms with van der Waals surface area (Å²) in [6, 6.07) is 14.3. The summed E-state index contributed by atoms with van der Waals surface area (Å²) < 4.78 is 3.54. The molecule has 0 amide bonds. The van der Waals surface area contributed by atoms with Gasteiger partial charge in [-0.05, 0) is 24.6 Å². The summed E-state index contributed by atoms with van der Waals surface area (Å²) >= 11 is 6.51. The Morgan fingerprint density at radius 3 is 2.70 bits per heavy atom. The van der Waals surface area contributed by atoms with Crippen molar-refractivity contribution in [2.75, 3.05) is 0 Å². The number of hydrogen-bond acceptors (Lipinski definition) is 2. The van der Waals surface area contributed by atoms with Crippen molar-refractivity contribution in [3.63, 3.8) is 0 Å². The van der Waals surface area contributed by atoms with Crippen LogP contribution >= 0.6 is 11.6 Å². The first-order chi connectivity index (χ1) is 11.2. The number of benzene rings is 1. The van der Waals surface area contributed by atoms with Crippen LogP contribution in [0, 0.1) is 18.3 Å². The molecule has 1 aliphatic heterocycles. The molecule has 3 heterocycles. The van der Waals surface area contributed by atoms with E-state index < -0.39 is 0 Å². The van der Waals surface area contributed by atoms with Gasteiger partial charge in [0.1, 0.15) is 17.3 Å². The number of aromatic nitrogens is 2. The number of halogens is 1. The second kappa shape index (κ2) is 5.15. The molecule has 0 fully saturated rings. The Bertz CT molecular complexity index is 971. The SMILES string of the molecule is Cc1cccc(C2=Nn3c(Cl)c(-n4cccc4)c(C#N)c3C2)c1. The molecule has 3 aromatic rings. The molecule has 0 spiro atoms. The van der Waals surface area contributed by atoms with Crippen LogP contribution in [0.15, 0.2) is 53.9 Å². The number of fused-ring (bicyclic) bond motifs is 1. The normalized spacial score (nSPS) is 12.8. The van der Waals surface area contributed by atoms with Gasteiger partial charge in [0.2, 0.25) is 0 Å². The van der Waals surface area contributed by atoms with Gasteiger partial charge in [-0.3, -0.25) is 0 Å². The molecule has 2 aromatic heterocycles. The zero-order chi connectivity index (χ0) is 16.0. The molecule has 0 saturated carbocycles. The minimum Gasteiger partial charge on any atom is -0.320 e. The lowest BCUT2D eigenvalue weighted by molar-refractivity contribution is 0.876. The molecule has 0 aliphatic carbocycles. The summed E-state index contributed by atoms with van der Waals surface area (Å²) in [5, 5.41) is 14.7. The molecule has 1 aromatic carbocycles. The first kappa shape index (κ1) is 13.9. The second-order valence-electron chi connectivity index (χ2n) is 5.57. The van der Waals surface area contributed by atoms with Crippen LogP contribution in [0.25, 0.3) is 5.69 Å². The van der Waals surface area contributed by atoms with Crippen molar-refractivity contribution in [3.8, 4) is 11.8 Å². The van der Waals surface area contributed by atoms with Crippen LogP contribution in [0.5, 0.6) is 0 Å². The highest BCUT2D eigenvalue weighted by atomic mass is 35.5. The molecule has 0 radical (unpaired) electrons. The van der Waals surface area contributed by atoms with Crippen LogP contribution in [-0.2, 0) is 6.42 Å². The second-order valence-corrected chi connectivity index (χ2v) is 5.93. The molecule has 4 rings (SSSR count). The predicted molar refractivity (Wildman–Crippen MR) is 90.3 cm³/mol. The number of rotatable bonds is 2. The van der Waals surface area contributed by atoms with Crippen molar-refractivity contribution in [2.45, 2.75) is 13.3 Å². The van der Waals surface area contributed by atoms with Gasteiger partial charge in [0.05, 0.1) is 11.4 Å². The number of aryl methyl sites for hydroxylation is 1. The predicted octanol–water partition coefficient (Wildman–Crippen LogP) is 3.92. The minimum atomic E-state index is 0.468. The van der Waals surface area contributed by atoms with Crippen molar-refractivity contribution in [2.24, 2.45) is 5.10 Å². The van der Waals surface area contributed by atoms with Crippen LogP contribution in [0.3, 0.4) is 0 Å². The van der Waals surface area contributed by atoms with Gasteiger partial charge in [-0.25, -0.2) is 4.68 Å². The first-order valence-corrected chi connectivity index (χ1v) is 7.68. The first-order valence-electron chi connectivity index (χ1n) is 7.30. The average Bonchev–Trinajstić information content (AvgIpc) is 3.24. The third-order valence-electron chi connectivity index (χ3n) is 4.04. The van der Waals surface area contributed by atoms with Gasteiger partial charge in [0.25, 0.3) is 0 Å². The average molecular weight is 321 g/mol. The van der Waals surface area contributed by atoms with Gasteiger partial charge in [-0.1, -0.05) is 41.4 Å². The van der Waals surface area contributed by atoms with Gasteiger partial charge in [-0.2, -0.15) is 10.4 Å². The summed E-state index contributed by atoms with van der Waals surface area (Å²) in [6.07, 6.45) is 4.36. The summed E-state index contributed by atoms with van der Waals surface area (Å²) in [5.41, 5.74) is 5.30. The Balaban J connectivity index is 1.86. The third-order valence-corrected chi connectivity index (χ3v) is 4.38. The largest absolute Gasteiger partial charge is 0.320 e. The molecule has 5 heteroatoms. The zero-order valence-electron chi connectivity index (χ0n) is 12.5. The molecule has 4 nitrogen and oxygen atoms in total. The standard InChI is InChI=1S/C18H13ClN4/c1-12-5-4-6-13(9-12)15-10-16-14(11-20)17(18(19)23(16)21-15)22-7-2-3-8-22/h2-9H,10H2,1H3. The Morgan fingerprint density at radius 1 is 1.22 bits per heavy atom. The summed E-state index contributed by atoms with van der Waals surface area (Å²) in [5.74, 6) is 0. The fourth-order valence-electron chi connectivity index (χ4n) is 2.97. The topological polar surface area (TPSA) is 46.0 Å². The van der Waals surface area contributed by atoms with E-state index in [1.54, 1.807) is 4.68 Å². The Labute approximate surface area is 138 Å². The lowest BCUT2D eigenvalue weighted by atomic mass is 10.0. The van der Waals surface area contributed by atoms with Gasteiger partial charge >= 0.3 is 0 Å². The van der Waals surface area contributed by atoms with Crippen LogP contribution in [0.4, 0.5) is 0 Å². The molecular formula is C18H13ClN4. The van der Waals surface area contributed by atoms with Crippen molar-refractivity contribution in [1.29, 1.82) is 5.26 Å². The smallest absolute Gasteiger partial charge is 0.156 e. The molecular weight excluding hydrogens is 308 g/mol. The lowest BCUT2D eigenvalue weighted by Crippen LogP contribution is -2.02. The van der Waals surface area contributed by atoms with Crippen molar-refractivity contribution in [1.82, 2.24) is 9.24 Å². The van der Waals surface area contributed by atoms with E-state index in [1.807, 2.05) is 41.2 Å². The van der Waals surface area contributed by atoms with E-state index in [1.165, 1.54) is 5.56 Å². The van der Waals surface area contributed by atoms with E-state index in [9.17, 15) is 5.26 Å². The van der Waals surface area contributed by atoms with Crippen LogP contribution in [0.1, 0.15) is 22.4 Å². The molecule has 1 aliphatic rings. The van der Waals surface area contributed by atoms with Crippen molar-refractivity contribution < 1.29 is 0 Å². The van der Waals surface area contributed by atoms with E-state index in [4.69, 9.17) is 11.6 Å². The maximum Gasteiger partial charge on any atom is 0.156 e. The molecule has 0 atom stereocenters. The van der Waals surface area contributed by atoms with Crippen molar-refractivity contribution >= 4 is 17.3 Å².